The van der Waals surface area contributed by atoms with Gasteiger partial charge >= 0.3 is 5.97 Å². The number of ether oxygens (including phenoxy) is 3. The normalized spacial score (nSPS) is 10.2. The number of anilines is 1. The number of hydrogen-bond acceptors (Lipinski definition) is 7. The first-order valence-electron chi connectivity index (χ1n) is 7.78. The average molecular weight is 364 g/mol. The summed E-state index contributed by atoms with van der Waals surface area (Å²) in [5.41, 5.74) is 0.573. The highest BCUT2D eigenvalue weighted by Crippen LogP contribution is 2.25. The summed E-state index contributed by atoms with van der Waals surface area (Å²) in [4.78, 5) is 27.5. The molecular formula is C17H20N2O5S. The highest BCUT2D eigenvalue weighted by Gasteiger charge is 2.11. The standard InChI is InChI=1S/C17H20N2O5S/c1-3-23-16(21)10-12-11-25-17(18-12)19-15(20)8-9-24-14-7-5-4-6-13(14)22-2/h4-7,11H,3,8-10H2,1-2H3,(H,18,19,20). The Morgan fingerprint density at radius 2 is 2.00 bits per heavy atom. The third kappa shape index (κ3) is 6.07. The minimum Gasteiger partial charge on any atom is -0.493 e. The number of nitrogens with zero attached hydrogens (tertiary/aromatic N) is 1. The molecule has 0 fully saturated rings. The summed E-state index contributed by atoms with van der Waals surface area (Å²) in [5.74, 6) is 0.651. The van der Waals surface area contributed by atoms with Gasteiger partial charge in [0.25, 0.3) is 0 Å². The van der Waals surface area contributed by atoms with Gasteiger partial charge in [0.05, 0.1) is 38.9 Å². The van der Waals surface area contributed by atoms with E-state index in [2.05, 4.69) is 10.3 Å². The predicted molar refractivity (Wildman–Crippen MR) is 94.2 cm³/mol. The van der Waals surface area contributed by atoms with E-state index in [1.807, 2.05) is 12.1 Å². The second-order valence-electron chi connectivity index (χ2n) is 4.92. The number of amides is 1. The van der Waals surface area contributed by atoms with E-state index in [4.69, 9.17) is 14.2 Å². The number of benzene rings is 1. The number of carbonyl (C=O) groups excluding carboxylic acids is 2. The van der Waals surface area contributed by atoms with Crippen molar-refractivity contribution in [2.24, 2.45) is 0 Å². The van der Waals surface area contributed by atoms with E-state index in [0.717, 1.165) is 0 Å². The van der Waals surface area contributed by atoms with E-state index in [0.29, 0.717) is 28.9 Å². The fourth-order valence-corrected chi connectivity index (χ4v) is 2.71. The van der Waals surface area contributed by atoms with Crippen molar-refractivity contribution in [3.63, 3.8) is 0 Å². The SMILES string of the molecule is CCOC(=O)Cc1csc(NC(=O)CCOc2ccccc2OC)n1. The van der Waals surface area contributed by atoms with Gasteiger partial charge in [-0.2, -0.15) is 0 Å². The minimum atomic E-state index is -0.337. The third-order valence-electron chi connectivity index (χ3n) is 3.08. The molecule has 0 aliphatic heterocycles. The number of nitrogens with one attached hydrogen (secondary N) is 1. The lowest BCUT2D eigenvalue weighted by Gasteiger charge is -2.09. The van der Waals surface area contributed by atoms with Gasteiger partial charge in [0.1, 0.15) is 0 Å². The van der Waals surface area contributed by atoms with Gasteiger partial charge in [-0.1, -0.05) is 12.1 Å². The molecule has 1 aromatic heterocycles. The number of thiazole rings is 1. The molecule has 0 bridgehead atoms. The molecule has 0 spiro atoms. The summed E-state index contributed by atoms with van der Waals surface area (Å²) in [6, 6.07) is 7.24. The summed E-state index contributed by atoms with van der Waals surface area (Å²) in [6.07, 6.45) is 0.266. The average Bonchev–Trinajstić information content (AvgIpc) is 3.02. The first-order chi connectivity index (χ1) is 12.1. The van der Waals surface area contributed by atoms with Crippen LogP contribution in [0.4, 0.5) is 5.13 Å². The molecule has 8 heteroatoms. The molecule has 0 saturated heterocycles. The Labute approximate surface area is 149 Å². The van der Waals surface area contributed by atoms with Crippen LogP contribution in [0.15, 0.2) is 29.6 Å². The molecular weight excluding hydrogens is 344 g/mol. The molecule has 7 nitrogen and oxygen atoms in total. The fourth-order valence-electron chi connectivity index (χ4n) is 1.98. The van der Waals surface area contributed by atoms with E-state index < -0.39 is 0 Å². The van der Waals surface area contributed by atoms with Crippen molar-refractivity contribution >= 4 is 28.3 Å². The van der Waals surface area contributed by atoms with E-state index in [1.165, 1.54) is 11.3 Å². The summed E-state index contributed by atoms with van der Waals surface area (Å²) in [7, 11) is 1.56. The summed E-state index contributed by atoms with van der Waals surface area (Å²) in [5, 5.41) is 4.85. The van der Waals surface area contributed by atoms with Crippen LogP contribution >= 0.6 is 11.3 Å². The Morgan fingerprint density at radius 1 is 1.24 bits per heavy atom. The van der Waals surface area contributed by atoms with Gasteiger partial charge in [0, 0.05) is 5.38 Å². The van der Waals surface area contributed by atoms with Crippen molar-refractivity contribution in [1.29, 1.82) is 0 Å². The van der Waals surface area contributed by atoms with E-state index in [-0.39, 0.29) is 31.3 Å². The largest absolute Gasteiger partial charge is 0.493 e. The van der Waals surface area contributed by atoms with Gasteiger partial charge in [0.2, 0.25) is 5.91 Å². The number of hydrogen-bond donors (Lipinski definition) is 1. The van der Waals surface area contributed by atoms with Crippen molar-refractivity contribution in [3.8, 4) is 11.5 Å². The van der Waals surface area contributed by atoms with Crippen LogP contribution in [0.1, 0.15) is 19.0 Å². The van der Waals surface area contributed by atoms with E-state index in [9.17, 15) is 9.59 Å². The van der Waals surface area contributed by atoms with E-state index in [1.54, 1.807) is 31.5 Å². The lowest BCUT2D eigenvalue weighted by atomic mass is 10.3. The zero-order valence-electron chi connectivity index (χ0n) is 14.1. The van der Waals surface area contributed by atoms with Crippen LogP contribution in [-0.4, -0.2) is 37.2 Å². The molecule has 1 aromatic carbocycles. The number of esters is 1. The summed E-state index contributed by atoms with van der Waals surface area (Å²) in [6.45, 7) is 2.30. The van der Waals surface area contributed by atoms with Crippen LogP contribution in [0.3, 0.4) is 0 Å². The van der Waals surface area contributed by atoms with Crippen LogP contribution in [-0.2, 0) is 20.7 Å². The maximum absolute atomic E-state index is 11.9. The number of rotatable bonds is 9. The Balaban J connectivity index is 1.77. The smallest absolute Gasteiger partial charge is 0.311 e. The molecule has 0 radical (unpaired) electrons. The van der Waals surface area contributed by atoms with Gasteiger partial charge in [-0.05, 0) is 19.1 Å². The van der Waals surface area contributed by atoms with Crippen LogP contribution < -0.4 is 14.8 Å². The topological polar surface area (TPSA) is 86.8 Å². The lowest BCUT2D eigenvalue weighted by molar-refractivity contribution is -0.142. The molecule has 0 aliphatic rings. The highest BCUT2D eigenvalue weighted by molar-refractivity contribution is 7.13. The van der Waals surface area contributed by atoms with Crippen LogP contribution in [0.25, 0.3) is 0 Å². The molecule has 1 heterocycles. The number of methoxy groups -OCH3 is 1. The molecule has 134 valence electrons. The second-order valence-corrected chi connectivity index (χ2v) is 5.78. The molecule has 0 aliphatic carbocycles. The zero-order valence-corrected chi connectivity index (χ0v) is 14.9. The summed E-state index contributed by atoms with van der Waals surface area (Å²) >= 11 is 1.26. The lowest BCUT2D eigenvalue weighted by Crippen LogP contribution is -2.15. The van der Waals surface area contributed by atoms with Crippen LogP contribution in [0.5, 0.6) is 11.5 Å². The first-order valence-corrected chi connectivity index (χ1v) is 8.66. The molecule has 0 saturated carbocycles. The van der Waals surface area contributed by atoms with Crippen LogP contribution in [0.2, 0.25) is 0 Å². The maximum atomic E-state index is 11.9. The maximum Gasteiger partial charge on any atom is 0.311 e. The van der Waals surface area contributed by atoms with Gasteiger partial charge in [-0.25, -0.2) is 4.98 Å². The number of para-hydroxylation sites is 2. The van der Waals surface area contributed by atoms with Gasteiger partial charge < -0.3 is 19.5 Å². The van der Waals surface area contributed by atoms with Crippen LogP contribution in [0, 0.1) is 0 Å². The second kappa shape index (κ2) is 9.63. The van der Waals surface area contributed by atoms with E-state index >= 15 is 0 Å². The van der Waals surface area contributed by atoms with Crippen molar-refractivity contribution in [3.05, 3.63) is 35.3 Å². The predicted octanol–water partition coefficient (Wildman–Crippen LogP) is 2.66. The third-order valence-corrected chi connectivity index (χ3v) is 3.89. The van der Waals surface area contributed by atoms with Crippen molar-refractivity contribution < 1.29 is 23.8 Å². The van der Waals surface area contributed by atoms with Crippen molar-refractivity contribution in [2.45, 2.75) is 19.8 Å². The molecule has 1 N–H and O–H groups in total. The van der Waals surface area contributed by atoms with Crippen molar-refractivity contribution in [2.75, 3.05) is 25.6 Å². The molecule has 2 aromatic rings. The molecule has 25 heavy (non-hydrogen) atoms. The molecule has 0 atom stereocenters. The van der Waals surface area contributed by atoms with Crippen molar-refractivity contribution in [1.82, 2.24) is 4.98 Å². The Bertz CT molecular complexity index is 717. The minimum absolute atomic E-state index is 0.0944. The highest BCUT2D eigenvalue weighted by atomic mass is 32.1. The number of aromatic nitrogens is 1. The zero-order chi connectivity index (χ0) is 18.1. The van der Waals surface area contributed by atoms with Gasteiger partial charge in [0.15, 0.2) is 16.6 Å². The molecule has 2 rings (SSSR count). The van der Waals surface area contributed by atoms with Gasteiger partial charge in [-0.15, -0.1) is 11.3 Å². The Hall–Kier alpha value is -2.61. The summed E-state index contributed by atoms with van der Waals surface area (Å²) < 4.78 is 15.6. The first kappa shape index (κ1) is 18.7. The molecule has 1 amide bonds. The molecule has 0 unspecified atom stereocenters. The Kier molecular flexibility index (Phi) is 7.21. The number of carbonyl (C=O) groups is 2. The Morgan fingerprint density at radius 3 is 2.72 bits per heavy atom. The monoisotopic (exact) mass is 364 g/mol. The van der Waals surface area contributed by atoms with Gasteiger partial charge in [-0.3, -0.25) is 9.59 Å². The quantitative estimate of drug-likeness (QED) is 0.689. The fraction of sp³-hybridized carbons (Fsp3) is 0.353.